The molecule has 0 bridgehead atoms. The third-order valence-electron chi connectivity index (χ3n) is 2.54. The Morgan fingerprint density at radius 3 is 2.58 bits per heavy atom. The van der Waals surface area contributed by atoms with Gasteiger partial charge in [0, 0.05) is 18.1 Å². The average Bonchev–Trinajstić information content (AvgIpc) is 2.47. The lowest BCUT2D eigenvalue weighted by Crippen LogP contribution is -2.20. The van der Waals surface area contributed by atoms with Crippen molar-refractivity contribution in [2.75, 3.05) is 0 Å². The minimum atomic E-state index is -0.217. The molecule has 0 spiro atoms. The lowest BCUT2D eigenvalue weighted by molar-refractivity contribution is -0.133. The molecule has 4 heteroatoms. The molecule has 3 nitrogen and oxygen atoms in total. The molecular formula is C15H15NO2S. The van der Waals surface area contributed by atoms with Crippen molar-refractivity contribution >= 4 is 17.7 Å². The van der Waals surface area contributed by atoms with Crippen molar-refractivity contribution in [3.8, 4) is 5.75 Å². The normalized spacial score (nSPS) is 11.8. The molecule has 1 unspecified atom stereocenters. The van der Waals surface area contributed by atoms with Crippen LogP contribution in [0, 0.1) is 0 Å². The van der Waals surface area contributed by atoms with E-state index in [2.05, 4.69) is 4.98 Å². The van der Waals surface area contributed by atoms with Gasteiger partial charge < -0.3 is 4.74 Å². The van der Waals surface area contributed by atoms with Gasteiger partial charge in [0.15, 0.2) is 0 Å². The number of pyridine rings is 1. The average molecular weight is 273 g/mol. The van der Waals surface area contributed by atoms with Crippen LogP contribution in [0.1, 0.15) is 12.5 Å². The second-order valence-electron chi connectivity index (χ2n) is 4.04. The monoisotopic (exact) mass is 273 g/mol. The summed E-state index contributed by atoms with van der Waals surface area (Å²) in [5, 5.41) is -0.201. The number of carbonyl (C=O) groups excluding carboxylic acids is 1. The fourth-order valence-corrected chi connectivity index (χ4v) is 2.28. The quantitative estimate of drug-likeness (QED) is 0.619. The van der Waals surface area contributed by atoms with Crippen LogP contribution in [0.2, 0.25) is 0 Å². The Labute approximate surface area is 117 Å². The molecular weight excluding hydrogens is 258 g/mol. The first-order valence-corrected chi connectivity index (χ1v) is 7.08. The first-order chi connectivity index (χ1) is 9.25. The summed E-state index contributed by atoms with van der Waals surface area (Å²) in [4.78, 5) is 15.8. The van der Waals surface area contributed by atoms with Crippen LogP contribution >= 0.6 is 11.8 Å². The molecule has 0 saturated heterocycles. The number of ether oxygens (including phenoxy) is 1. The van der Waals surface area contributed by atoms with Crippen LogP contribution in [0.25, 0.3) is 0 Å². The van der Waals surface area contributed by atoms with Crippen molar-refractivity contribution < 1.29 is 9.53 Å². The Bertz CT molecular complexity index is 516. The third kappa shape index (κ3) is 4.41. The molecule has 1 aromatic carbocycles. The Morgan fingerprint density at radius 1 is 1.21 bits per heavy atom. The highest BCUT2D eigenvalue weighted by Crippen LogP contribution is 2.19. The number of nitrogens with zero attached hydrogens (tertiary/aromatic N) is 1. The number of benzene rings is 1. The van der Waals surface area contributed by atoms with E-state index >= 15 is 0 Å². The molecule has 0 radical (unpaired) electrons. The molecule has 1 atom stereocenters. The van der Waals surface area contributed by atoms with Crippen LogP contribution < -0.4 is 4.74 Å². The molecule has 0 saturated carbocycles. The van der Waals surface area contributed by atoms with Crippen LogP contribution in [0.3, 0.4) is 0 Å². The van der Waals surface area contributed by atoms with Gasteiger partial charge in [0.1, 0.15) is 11.0 Å². The molecule has 19 heavy (non-hydrogen) atoms. The van der Waals surface area contributed by atoms with Crippen molar-refractivity contribution in [1.82, 2.24) is 4.98 Å². The highest BCUT2D eigenvalue weighted by Gasteiger charge is 2.15. The zero-order chi connectivity index (χ0) is 13.5. The predicted molar refractivity (Wildman–Crippen MR) is 77.1 cm³/mol. The molecule has 2 rings (SSSR count). The predicted octanol–water partition coefficient (Wildman–Crippen LogP) is 3.31. The number of rotatable bonds is 5. The van der Waals surface area contributed by atoms with Gasteiger partial charge in [0.2, 0.25) is 0 Å². The maximum atomic E-state index is 11.9. The molecule has 1 heterocycles. The van der Waals surface area contributed by atoms with Crippen LogP contribution in [-0.2, 0) is 10.5 Å². The van der Waals surface area contributed by atoms with E-state index in [-0.39, 0.29) is 11.2 Å². The van der Waals surface area contributed by atoms with E-state index < -0.39 is 0 Å². The van der Waals surface area contributed by atoms with Crippen LogP contribution in [0.15, 0.2) is 54.9 Å². The zero-order valence-corrected chi connectivity index (χ0v) is 11.5. The van der Waals surface area contributed by atoms with Crippen molar-refractivity contribution in [1.29, 1.82) is 0 Å². The van der Waals surface area contributed by atoms with Gasteiger partial charge in [-0.3, -0.25) is 9.78 Å². The number of thioether (sulfide) groups is 1. The number of carbonyl (C=O) groups is 1. The van der Waals surface area contributed by atoms with Crippen molar-refractivity contribution in [2.45, 2.75) is 17.9 Å². The standard InChI is InChI=1S/C15H15NO2S/c1-12(19-11-13-7-9-16-10-8-13)15(17)18-14-5-3-2-4-6-14/h2-10,12H,11H2,1H3. The molecule has 0 aliphatic rings. The summed E-state index contributed by atoms with van der Waals surface area (Å²) in [6.07, 6.45) is 3.51. The summed E-state index contributed by atoms with van der Waals surface area (Å²) >= 11 is 1.55. The van der Waals surface area contributed by atoms with E-state index in [1.807, 2.05) is 37.3 Å². The van der Waals surface area contributed by atoms with E-state index in [9.17, 15) is 4.79 Å². The number of para-hydroxylation sites is 1. The maximum Gasteiger partial charge on any atom is 0.324 e. The van der Waals surface area contributed by atoms with E-state index in [0.29, 0.717) is 5.75 Å². The fraction of sp³-hybridized carbons (Fsp3) is 0.200. The molecule has 2 aromatic rings. The van der Waals surface area contributed by atoms with Gasteiger partial charge in [-0.25, -0.2) is 0 Å². The molecule has 0 amide bonds. The molecule has 0 aliphatic heterocycles. The Morgan fingerprint density at radius 2 is 1.89 bits per heavy atom. The molecule has 0 N–H and O–H groups in total. The van der Waals surface area contributed by atoms with E-state index in [1.54, 1.807) is 36.3 Å². The van der Waals surface area contributed by atoms with Crippen LogP contribution in [0.5, 0.6) is 5.75 Å². The summed E-state index contributed by atoms with van der Waals surface area (Å²) in [5.74, 6) is 1.14. The minimum Gasteiger partial charge on any atom is -0.426 e. The third-order valence-corrected chi connectivity index (χ3v) is 3.74. The summed E-state index contributed by atoms with van der Waals surface area (Å²) in [6, 6.07) is 13.0. The number of hydrogen-bond acceptors (Lipinski definition) is 4. The van der Waals surface area contributed by atoms with E-state index in [0.717, 1.165) is 11.3 Å². The van der Waals surface area contributed by atoms with Gasteiger partial charge in [-0.1, -0.05) is 18.2 Å². The molecule has 0 aliphatic carbocycles. The molecule has 98 valence electrons. The second-order valence-corrected chi connectivity index (χ2v) is 5.37. The largest absolute Gasteiger partial charge is 0.426 e. The topological polar surface area (TPSA) is 39.2 Å². The maximum absolute atomic E-state index is 11.9. The highest BCUT2D eigenvalue weighted by atomic mass is 32.2. The van der Waals surface area contributed by atoms with Gasteiger partial charge in [0.25, 0.3) is 0 Å². The van der Waals surface area contributed by atoms with Gasteiger partial charge >= 0.3 is 5.97 Å². The fourth-order valence-electron chi connectivity index (χ4n) is 1.46. The van der Waals surface area contributed by atoms with Gasteiger partial charge in [-0.05, 0) is 36.8 Å². The first-order valence-electron chi connectivity index (χ1n) is 6.03. The van der Waals surface area contributed by atoms with Crippen molar-refractivity contribution in [2.24, 2.45) is 0 Å². The molecule has 0 fully saturated rings. The SMILES string of the molecule is CC(SCc1ccncc1)C(=O)Oc1ccccc1. The lowest BCUT2D eigenvalue weighted by Gasteiger charge is -2.10. The van der Waals surface area contributed by atoms with Gasteiger partial charge in [0.05, 0.1) is 0 Å². The minimum absolute atomic E-state index is 0.201. The molecule has 1 aromatic heterocycles. The number of aromatic nitrogens is 1. The number of esters is 1. The lowest BCUT2D eigenvalue weighted by atomic mass is 10.3. The van der Waals surface area contributed by atoms with Gasteiger partial charge in [-0.15, -0.1) is 11.8 Å². The summed E-state index contributed by atoms with van der Waals surface area (Å²) in [6.45, 7) is 1.86. The van der Waals surface area contributed by atoms with E-state index in [4.69, 9.17) is 4.74 Å². The van der Waals surface area contributed by atoms with Gasteiger partial charge in [-0.2, -0.15) is 0 Å². The smallest absolute Gasteiger partial charge is 0.324 e. The second kappa shape index (κ2) is 6.95. The summed E-state index contributed by atoms with van der Waals surface area (Å²) in [7, 11) is 0. The highest BCUT2D eigenvalue weighted by molar-refractivity contribution is 7.99. The van der Waals surface area contributed by atoms with Crippen LogP contribution in [-0.4, -0.2) is 16.2 Å². The summed E-state index contributed by atoms with van der Waals surface area (Å²) in [5.41, 5.74) is 1.15. The Hall–Kier alpha value is -1.81. The number of hydrogen-bond donors (Lipinski definition) is 0. The zero-order valence-electron chi connectivity index (χ0n) is 10.7. The Kier molecular flexibility index (Phi) is 4.98. The Balaban J connectivity index is 1.83. The summed E-state index contributed by atoms with van der Waals surface area (Å²) < 4.78 is 5.29. The van der Waals surface area contributed by atoms with Crippen molar-refractivity contribution in [3.63, 3.8) is 0 Å². The van der Waals surface area contributed by atoms with Crippen molar-refractivity contribution in [3.05, 3.63) is 60.4 Å². The van der Waals surface area contributed by atoms with E-state index in [1.165, 1.54) is 0 Å². The first kappa shape index (κ1) is 13.6. The van der Waals surface area contributed by atoms with Crippen LogP contribution in [0.4, 0.5) is 0 Å².